The second-order valence-corrected chi connectivity index (χ2v) is 4.91. The second kappa shape index (κ2) is 5.44. The highest BCUT2D eigenvalue weighted by Crippen LogP contribution is 2.38. The highest BCUT2D eigenvalue weighted by molar-refractivity contribution is 6.28. The van der Waals surface area contributed by atoms with Crippen molar-refractivity contribution in [1.82, 2.24) is 9.97 Å². The zero-order valence-corrected chi connectivity index (χ0v) is 12.0. The summed E-state index contributed by atoms with van der Waals surface area (Å²) >= 11 is 5.69. The fourth-order valence-electron chi connectivity index (χ4n) is 2.35. The maximum atomic E-state index is 14.2. The van der Waals surface area contributed by atoms with Gasteiger partial charge in [-0.05, 0) is 30.7 Å². The molecule has 0 fully saturated rings. The lowest BCUT2D eigenvalue weighted by Crippen LogP contribution is -2.32. The van der Waals surface area contributed by atoms with Crippen LogP contribution >= 0.6 is 11.6 Å². The normalized spacial score (nSPS) is 13.8. The fourth-order valence-corrected chi connectivity index (χ4v) is 2.48. The first-order chi connectivity index (χ1) is 10.1. The van der Waals surface area contributed by atoms with Gasteiger partial charge in [0, 0.05) is 12.1 Å². The van der Waals surface area contributed by atoms with Crippen molar-refractivity contribution >= 4 is 17.3 Å². The van der Waals surface area contributed by atoms with Crippen molar-refractivity contribution in [2.45, 2.75) is 6.92 Å². The topological polar surface area (TPSA) is 38.2 Å². The number of rotatable bonds is 2. The first-order valence-corrected chi connectivity index (χ1v) is 6.87. The van der Waals surface area contributed by atoms with E-state index in [0.717, 1.165) is 6.20 Å². The molecule has 0 saturated heterocycles. The Labute approximate surface area is 125 Å². The van der Waals surface area contributed by atoms with Gasteiger partial charge in [-0.1, -0.05) is 0 Å². The quantitative estimate of drug-likeness (QED) is 0.798. The van der Waals surface area contributed by atoms with Gasteiger partial charge in [0.05, 0.1) is 18.4 Å². The molecule has 0 N–H and O–H groups in total. The van der Waals surface area contributed by atoms with E-state index in [1.807, 2.05) is 11.8 Å². The molecule has 1 aromatic carbocycles. The first kappa shape index (κ1) is 14.0. The standard InChI is InChI=1S/C14H12ClF2N3O/c1-2-20-3-4-21-13-9(16)5-8(6-11(13)20)12-10(17)7-18-14(15)19-12/h5-7H,2-4H2,1H3. The average Bonchev–Trinajstić information content (AvgIpc) is 2.49. The molecule has 0 spiro atoms. The lowest BCUT2D eigenvalue weighted by Gasteiger charge is -2.30. The van der Waals surface area contributed by atoms with E-state index in [-0.39, 0.29) is 16.7 Å². The highest BCUT2D eigenvalue weighted by atomic mass is 35.5. The van der Waals surface area contributed by atoms with Crippen LogP contribution in [0.2, 0.25) is 5.28 Å². The van der Waals surface area contributed by atoms with Crippen molar-refractivity contribution in [3.05, 3.63) is 35.2 Å². The molecule has 1 aromatic heterocycles. The monoisotopic (exact) mass is 311 g/mol. The molecule has 2 heterocycles. The van der Waals surface area contributed by atoms with Crippen LogP contribution in [0.1, 0.15) is 6.92 Å². The second-order valence-electron chi connectivity index (χ2n) is 4.57. The van der Waals surface area contributed by atoms with E-state index >= 15 is 0 Å². The van der Waals surface area contributed by atoms with Crippen LogP contribution in [0.4, 0.5) is 14.5 Å². The molecule has 3 rings (SSSR count). The average molecular weight is 312 g/mol. The van der Waals surface area contributed by atoms with Crippen LogP contribution in [0.25, 0.3) is 11.3 Å². The van der Waals surface area contributed by atoms with E-state index < -0.39 is 11.6 Å². The lowest BCUT2D eigenvalue weighted by molar-refractivity contribution is 0.292. The number of ether oxygens (including phenoxy) is 1. The summed E-state index contributed by atoms with van der Waals surface area (Å²) < 4.78 is 33.4. The van der Waals surface area contributed by atoms with Gasteiger partial charge >= 0.3 is 0 Å². The molecule has 0 amide bonds. The van der Waals surface area contributed by atoms with Gasteiger partial charge in [-0.25, -0.2) is 18.7 Å². The Morgan fingerprint density at radius 1 is 1.33 bits per heavy atom. The van der Waals surface area contributed by atoms with Crippen LogP contribution < -0.4 is 9.64 Å². The van der Waals surface area contributed by atoms with Gasteiger partial charge in [0.15, 0.2) is 17.4 Å². The van der Waals surface area contributed by atoms with Crippen LogP contribution in [0.5, 0.6) is 5.75 Å². The summed E-state index contributed by atoms with van der Waals surface area (Å²) in [4.78, 5) is 9.36. The van der Waals surface area contributed by atoms with Gasteiger partial charge in [0.1, 0.15) is 12.3 Å². The summed E-state index contributed by atoms with van der Waals surface area (Å²) in [5.41, 5.74) is 0.864. The van der Waals surface area contributed by atoms with E-state index in [0.29, 0.717) is 30.9 Å². The first-order valence-electron chi connectivity index (χ1n) is 6.50. The third-order valence-corrected chi connectivity index (χ3v) is 3.52. The molecule has 1 aliphatic heterocycles. The molecule has 4 nitrogen and oxygen atoms in total. The SMILES string of the molecule is CCN1CCOc2c(F)cc(-c3nc(Cl)ncc3F)cc21. The number of anilines is 1. The van der Waals surface area contributed by atoms with Crippen LogP contribution in [0.15, 0.2) is 18.3 Å². The van der Waals surface area contributed by atoms with Crippen LogP contribution in [0, 0.1) is 11.6 Å². The number of likely N-dealkylation sites (N-methyl/N-ethyl adjacent to an activating group) is 1. The molecule has 0 radical (unpaired) electrons. The minimum atomic E-state index is -0.654. The largest absolute Gasteiger partial charge is 0.486 e. The predicted octanol–water partition coefficient (Wildman–Crippen LogP) is 3.29. The zero-order valence-electron chi connectivity index (χ0n) is 11.2. The molecule has 1 aliphatic rings. The van der Waals surface area contributed by atoms with Gasteiger partial charge in [-0.3, -0.25) is 0 Å². The molecule has 0 aliphatic carbocycles. The maximum absolute atomic E-state index is 14.2. The van der Waals surface area contributed by atoms with Crippen molar-refractivity contribution in [3.63, 3.8) is 0 Å². The Bertz CT molecular complexity index is 696. The molecule has 0 bridgehead atoms. The van der Waals surface area contributed by atoms with Crippen molar-refractivity contribution < 1.29 is 13.5 Å². The van der Waals surface area contributed by atoms with E-state index in [9.17, 15) is 8.78 Å². The van der Waals surface area contributed by atoms with Crippen molar-refractivity contribution in [3.8, 4) is 17.0 Å². The Hall–Kier alpha value is -1.95. The molecular formula is C14H12ClF2N3O. The third kappa shape index (κ3) is 2.51. The molecule has 2 aromatic rings. The van der Waals surface area contributed by atoms with Crippen molar-refractivity contribution in [2.24, 2.45) is 0 Å². The van der Waals surface area contributed by atoms with E-state index in [2.05, 4.69) is 9.97 Å². The summed E-state index contributed by atoms with van der Waals surface area (Å²) in [7, 11) is 0. The summed E-state index contributed by atoms with van der Waals surface area (Å²) in [6.07, 6.45) is 0.968. The number of aromatic nitrogens is 2. The summed E-state index contributed by atoms with van der Waals surface area (Å²) in [5.74, 6) is -1.01. The molecule has 0 saturated carbocycles. The van der Waals surface area contributed by atoms with Gasteiger partial charge in [-0.15, -0.1) is 0 Å². The van der Waals surface area contributed by atoms with Crippen molar-refractivity contribution in [2.75, 3.05) is 24.6 Å². The third-order valence-electron chi connectivity index (χ3n) is 3.34. The fraction of sp³-hybridized carbons (Fsp3) is 0.286. The predicted molar refractivity (Wildman–Crippen MR) is 75.8 cm³/mol. The van der Waals surface area contributed by atoms with Gasteiger partial charge < -0.3 is 9.64 Å². The number of halogens is 3. The van der Waals surface area contributed by atoms with E-state index in [1.165, 1.54) is 6.07 Å². The van der Waals surface area contributed by atoms with Crippen LogP contribution in [0.3, 0.4) is 0 Å². The highest BCUT2D eigenvalue weighted by Gasteiger charge is 2.23. The number of hydrogen-bond acceptors (Lipinski definition) is 4. The minimum Gasteiger partial charge on any atom is -0.486 e. The Kier molecular flexibility index (Phi) is 3.63. The molecule has 0 atom stereocenters. The molecular weight excluding hydrogens is 300 g/mol. The van der Waals surface area contributed by atoms with Gasteiger partial charge in [-0.2, -0.15) is 0 Å². The van der Waals surface area contributed by atoms with Gasteiger partial charge in [0.25, 0.3) is 0 Å². The number of fused-ring (bicyclic) bond motifs is 1. The number of nitrogens with zero attached hydrogens (tertiary/aromatic N) is 3. The number of hydrogen-bond donors (Lipinski definition) is 0. The molecule has 7 heteroatoms. The van der Waals surface area contributed by atoms with Crippen LogP contribution in [-0.2, 0) is 0 Å². The molecule has 110 valence electrons. The molecule has 21 heavy (non-hydrogen) atoms. The van der Waals surface area contributed by atoms with E-state index in [4.69, 9.17) is 16.3 Å². The van der Waals surface area contributed by atoms with Gasteiger partial charge in [0.2, 0.25) is 5.28 Å². The number of benzene rings is 1. The van der Waals surface area contributed by atoms with E-state index in [1.54, 1.807) is 6.07 Å². The summed E-state index contributed by atoms with van der Waals surface area (Å²) in [6.45, 7) is 3.73. The smallest absolute Gasteiger partial charge is 0.223 e. The minimum absolute atomic E-state index is 0.0293. The maximum Gasteiger partial charge on any atom is 0.223 e. The zero-order chi connectivity index (χ0) is 15.0. The lowest BCUT2D eigenvalue weighted by atomic mass is 10.1. The summed E-state index contributed by atoms with van der Waals surface area (Å²) in [6, 6.07) is 2.85. The molecule has 0 unspecified atom stereocenters. The Balaban J connectivity index is 2.17. The summed E-state index contributed by atoms with van der Waals surface area (Å²) in [5, 5.41) is -0.0897. The van der Waals surface area contributed by atoms with Crippen LogP contribution in [-0.4, -0.2) is 29.7 Å². The Morgan fingerprint density at radius 3 is 2.90 bits per heavy atom. The Morgan fingerprint density at radius 2 is 2.14 bits per heavy atom. The van der Waals surface area contributed by atoms with Crippen molar-refractivity contribution in [1.29, 1.82) is 0 Å².